The molecule has 104 valence electrons. The maximum Gasteiger partial charge on any atom is 0.151 e. The summed E-state index contributed by atoms with van der Waals surface area (Å²) < 4.78 is 15.8. The summed E-state index contributed by atoms with van der Waals surface area (Å²) in [5.74, 6) is 3.22. The first kappa shape index (κ1) is 14.4. The zero-order valence-corrected chi connectivity index (χ0v) is 12.1. The van der Waals surface area contributed by atoms with Crippen LogP contribution >= 0.6 is 11.6 Å². The fourth-order valence-electron chi connectivity index (χ4n) is 2.07. The van der Waals surface area contributed by atoms with E-state index in [-0.39, 0.29) is 16.5 Å². The highest BCUT2D eigenvalue weighted by molar-refractivity contribution is 6.31. The number of terminal acetylenes is 1. The molecule has 0 radical (unpaired) electrons. The highest BCUT2D eigenvalue weighted by Gasteiger charge is 2.20. The standard InChI is InChI=1S/C15H15ClFN3/c1-4-8-20-14(18)13(19-15(20)9(2)3)10-6-5-7-11(16)12(10)17/h1,5-7,9H,8,18H2,2-3H3. The van der Waals surface area contributed by atoms with Crippen LogP contribution in [0.2, 0.25) is 5.02 Å². The van der Waals surface area contributed by atoms with Crippen LogP contribution in [-0.4, -0.2) is 9.55 Å². The molecule has 1 aromatic carbocycles. The Morgan fingerprint density at radius 1 is 1.50 bits per heavy atom. The van der Waals surface area contributed by atoms with Crippen molar-refractivity contribution in [2.24, 2.45) is 0 Å². The molecule has 0 aliphatic rings. The molecule has 0 aliphatic heterocycles. The van der Waals surface area contributed by atoms with E-state index in [0.717, 1.165) is 5.82 Å². The summed E-state index contributed by atoms with van der Waals surface area (Å²) in [6.45, 7) is 4.26. The van der Waals surface area contributed by atoms with Crippen LogP contribution in [0.1, 0.15) is 25.6 Å². The van der Waals surface area contributed by atoms with Crippen LogP contribution in [0.25, 0.3) is 11.3 Å². The molecule has 0 saturated carbocycles. The van der Waals surface area contributed by atoms with Crippen molar-refractivity contribution in [3.63, 3.8) is 0 Å². The van der Waals surface area contributed by atoms with Gasteiger partial charge in [-0.25, -0.2) is 9.37 Å². The summed E-state index contributed by atoms with van der Waals surface area (Å²) in [6.07, 6.45) is 5.35. The Labute approximate surface area is 122 Å². The van der Waals surface area contributed by atoms with Gasteiger partial charge in [0.25, 0.3) is 0 Å². The van der Waals surface area contributed by atoms with Gasteiger partial charge in [0.05, 0.1) is 11.6 Å². The topological polar surface area (TPSA) is 43.8 Å². The molecule has 0 fully saturated rings. The Balaban J connectivity index is 2.67. The predicted molar refractivity (Wildman–Crippen MR) is 80.0 cm³/mol. The average molecular weight is 292 g/mol. The van der Waals surface area contributed by atoms with E-state index in [9.17, 15) is 4.39 Å². The van der Waals surface area contributed by atoms with E-state index < -0.39 is 5.82 Å². The Morgan fingerprint density at radius 3 is 2.80 bits per heavy atom. The molecule has 20 heavy (non-hydrogen) atoms. The van der Waals surface area contributed by atoms with Crippen molar-refractivity contribution < 1.29 is 4.39 Å². The molecular formula is C15H15ClFN3. The molecule has 0 aliphatic carbocycles. The van der Waals surface area contributed by atoms with Crippen molar-refractivity contribution in [1.82, 2.24) is 9.55 Å². The van der Waals surface area contributed by atoms with Crippen LogP contribution in [0.15, 0.2) is 18.2 Å². The number of imidazole rings is 1. The molecular weight excluding hydrogens is 277 g/mol. The molecule has 5 heteroatoms. The van der Waals surface area contributed by atoms with Gasteiger partial charge in [-0.2, -0.15) is 0 Å². The fraction of sp³-hybridized carbons (Fsp3) is 0.267. The minimum absolute atomic E-state index is 0.0412. The van der Waals surface area contributed by atoms with E-state index in [0.29, 0.717) is 18.1 Å². The highest BCUT2D eigenvalue weighted by Crippen LogP contribution is 2.33. The second-order valence-electron chi connectivity index (χ2n) is 4.75. The van der Waals surface area contributed by atoms with Crippen LogP contribution in [0.5, 0.6) is 0 Å². The van der Waals surface area contributed by atoms with Crippen molar-refractivity contribution >= 4 is 17.4 Å². The largest absolute Gasteiger partial charge is 0.383 e. The van der Waals surface area contributed by atoms with Gasteiger partial charge in [-0.3, -0.25) is 0 Å². The Kier molecular flexibility index (Phi) is 4.01. The van der Waals surface area contributed by atoms with Crippen molar-refractivity contribution in [2.45, 2.75) is 26.3 Å². The maximum atomic E-state index is 14.1. The van der Waals surface area contributed by atoms with E-state index in [4.69, 9.17) is 23.8 Å². The molecule has 2 aromatic rings. The van der Waals surface area contributed by atoms with Crippen LogP contribution in [-0.2, 0) is 6.54 Å². The zero-order chi connectivity index (χ0) is 14.9. The number of nitrogens with zero attached hydrogens (tertiary/aromatic N) is 2. The summed E-state index contributed by atoms with van der Waals surface area (Å²) in [5.41, 5.74) is 6.74. The van der Waals surface area contributed by atoms with Crippen LogP contribution in [0.3, 0.4) is 0 Å². The van der Waals surface area contributed by atoms with Crippen molar-refractivity contribution in [3.05, 3.63) is 34.9 Å². The molecule has 0 bridgehead atoms. The normalized spacial score (nSPS) is 10.8. The first-order valence-electron chi connectivity index (χ1n) is 6.21. The molecule has 0 unspecified atom stereocenters. The van der Waals surface area contributed by atoms with Gasteiger partial charge in [0.2, 0.25) is 0 Å². The van der Waals surface area contributed by atoms with Gasteiger partial charge in [-0.15, -0.1) is 6.42 Å². The summed E-state index contributed by atoms with van der Waals surface area (Å²) >= 11 is 5.80. The van der Waals surface area contributed by atoms with E-state index in [1.54, 1.807) is 16.7 Å². The lowest BCUT2D eigenvalue weighted by Crippen LogP contribution is -2.07. The third-order valence-electron chi connectivity index (χ3n) is 3.01. The first-order valence-corrected chi connectivity index (χ1v) is 6.58. The van der Waals surface area contributed by atoms with E-state index >= 15 is 0 Å². The van der Waals surface area contributed by atoms with Gasteiger partial charge in [-0.1, -0.05) is 37.4 Å². The number of aromatic nitrogens is 2. The fourth-order valence-corrected chi connectivity index (χ4v) is 2.24. The van der Waals surface area contributed by atoms with Crippen molar-refractivity contribution in [2.75, 3.05) is 5.73 Å². The number of benzene rings is 1. The summed E-state index contributed by atoms with van der Waals surface area (Å²) in [5, 5.41) is 0.0412. The average Bonchev–Trinajstić information content (AvgIpc) is 2.72. The molecule has 1 heterocycles. The smallest absolute Gasteiger partial charge is 0.151 e. The van der Waals surface area contributed by atoms with Gasteiger partial charge < -0.3 is 10.3 Å². The van der Waals surface area contributed by atoms with Crippen LogP contribution in [0, 0.1) is 18.2 Å². The number of halogens is 2. The Bertz CT molecular complexity index is 683. The second-order valence-corrected chi connectivity index (χ2v) is 5.16. The lowest BCUT2D eigenvalue weighted by molar-refractivity contribution is 0.631. The van der Waals surface area contributed by atoms with Gasteiger partial charge in [0.1, 0.15) is 17.3 Å². The number of hydrogen-bond donors (Lipinski definition) is 1. The molecule has 0 atom stereocenters. The molecule has 3 nitrogen and oxygen atoms in total. The van der Waals surface area contributed by atoms with Gasteiger partial charge in [0, 0.05) is 11.5 Å². The van der Waals surface area contributed by atoms with Gasteiger partial charge in [0.15, 0.2) is 5.82 Å². The number of nitrogen functional groups attached to an aromatic ring is 1. The summed E-state index contributed by atoms with van der Waals surface area (Å²) in [6, 6.07) is 4.75. The van der Waals surface area contributed by atoms with Crippen molar-refractivity contribution in [3.8, 4) is 23.6 Å². The van der Waals surface area contributed by atoms with E-state index in [2.05, 4.69) is 10.9 Å². The molecule has 0 spiro atoms. The number of anilines is 1. The van der Waals surface area contributed by atoms with Gasteiger partial charge >= 0.3 is 0 Å². The summed E-state index contributed by atoms with van der Waals surface area (Å²) in [4.78, 5) is 4.44. The molecule has 2 rings (SSSR count). The SMILES string of the molecule is C#CCn1c(C(C)C)nc(-c2cccc(Cl)c2F)c1N. The third kappa shape index (κ3) is 2.37. The van der Waals surface area contributed by atoms with Crippen molar-refractivity contribution in [1.29, 1.82) is 0 Å². The Morgan fingerprint density at radius 2 is 2.20 bits per heavy atom. The number of hydrogen-bond acceptors (Lipinski definition) is 2. The van der Waals surface area contributed by atoms with E-state index in [1.807, 2.05) is 13.8 Å². The maximum absolute atomic E-state index is 14.1. The minimum Gasteiger partial charge on any atom is -0.383 e. The lowest BCUT2D eigenvalue weighted by Gasteiger charge is -2.08. The molecule has 0 saturated heterocycles. The third-order valence-corrected chi connectivity index (χ3v) is 3.30. The van der Waals surface area contributed by atoms with E-state index in [1.165, 1.54) is 6.07 Å². The minimum atomic E-state index is -0.526. The predicted octanol–water partition coefficient (Wildman–Crippen LogP) is 3.68. The van der Waals surface area contributed by atoms with Crippen LogP contribution in [0.4, 0.5) is 10.2 Å². The molecule has 0 amide bonds. The molecule has 2 N–H and O–H groups in total. The number of nitrogens with two attached hydrogens (primary N) is 1. The Hall–Kier alpha value is -1.99. The quantitative estimate of drug-likeness (QED) is 0.877. The van der Waals surface area contributed by atoms with Gasteiger partial charge in [-0.05, 0) is 12.1 Å². The summed E-state index contributed by atoms with van der Waals surface area (Å²) in [7, 11) is 0. The first-order chi connectivity index (χ1) is 9.47. The molecule has 1 aromatic heterocycles. The second kappa shape index (κ2) is 5.56. The highest BCUT2D eigenvalue weighted by atomic mass is 35.5. The lowest BCUT2D eigenvalue weighted by atomic mass is 10.1. The monoisotopic (exact) mass is 291 g/mol. The number of rotatable bonds is 3. The zero-order valence-electron chi connectivity index (χ0n) is 11.3. The van der Waals surface area contributed by atoms with Crippen LogP contribution < -0.4 is 5.73 Å².